The summed E-state index contributed by atoms with van der Waals surface area (Å²) in [5.41, 5.74) is 3.80. The van der Waals surface area contributed by atoms with Crippen molar-refractivity contribution in [2.45, 2.75) is 25.8 Å². The van der Waals surface area contributed by atoms with Crippen molar-refractivity contribution >= 4 is 27.5 Å². The van der Waals surface area contributed by atoms with Crippen molar-refractivity contribution in [2.75, 3.05) is 13.2 Å². The van der Waals surface area contributed by atoms with E-state index in [0.717, 1.165) is 34.3 Å². The lowest BCUT2D eigenvalue weighted by Gasteiger charge is -2.29. The summed E-state index contributed by atoms with van der Waals surface area (Å²) in [5, 5.41) is 10.6. The van der Waals surface area contributed by atoms with Crippen LogP contribution in [0.1, 0.15) is 35.0 Å². The molecule has 5 rings (SSSR count). The minimum absolute atomic E-state index is 0.107. The van der Waals surface area contributed by atoms with Gasteiger partial charge in [0.05, 0.1) is 12.3 Å². The van der Waals surface area contributed by atoms with Gasteiger partial charge in [-0.1, -0.05) is 19.1 Å². The van der Waals surface area contributed by atoms with Crippen LogP contribution in [-0.2, 0) is 11.2 Å². The molecule has 1 aliphatic heterocycles. The van der Waals surface area contributed by atoms with Gasteiger partial charge < -0.3 is 10.1 Å². The number of thiophene rings is 1. The van der Waals surface area contributed by atoms with Gasteiger partial charge in [-0.05, 0) is 65.6 Å². The van der Waals surface area contributed by atoms with Crippen molar-refractivity contribution in [3.63, 3.8) is 0 Å². The zero-order valence-electron chi connectivity index (χ0n) is 17.3. The Morgan fingerprint density at radius 1 is 1.29 bits per heavy atom. The molecule has 0 aliphatic carbocycles. The highest BCUT2D eigenvalue weighted by molar-refractivity contribution is 7.16. The quantitative estimate of drug-likeness (QED) is 0.512. The maximum atomic E-state index is 13.0. The van der Waals surface area contributed by atoms with Crippen LogP contribution in [0.5, 0.6) is 0 Å². The number of nitrogens with one attached hydrogen (secondary N) is 1. The molecule has 1 saturated heterocycles. The maximum absolute atomic E-state index is 13.0. The van der Waals surface area contributed by atoms with Crippen LogP contribution < -0.4 is 5.32 Å². The average molecular weight is 433 g/mol. The summed E-state index contributed by atoms with van der Waals surface area (Å²) in [5.74, 6) is 0.195. The average Bonchev–Trinajstić information content (AvgIpc) is 3.48. The molecule has 7 heteroatoms. The molecule has 1 fully saturated rings. The van der Waals surface area contributed by atoms with Crippen LogP contribution in [0.25, 0.3) is 15.9 Å². The second-order valence-electron chi connectivity index (χ2n) is 8.02. The molecule has 3 aromatic heterocycles. The number of nitrogens with zero attached hydrogens (tertiary/aromatic N) is 3. The van der Waals surface area contributed by atoms with E-state index in [9.17, 15) is 4.79 Å². The van der Waals surface area contributed by atoms with E-state index in [0.29, 0.717) is 24.8 Å². The largest absolute Gasteiger partial charge is 0.381 e. The zero-order chi connectivity index (χ0) is 21.2. The lowest BCUT2D eigenvalue weighted by molar-refractivity contribution is 0.0374. The molecule has 0 bridgehead atoms. The molecule has 1 amide bonds. The van der Waals surface area contributed by atoms with Gasteiger partial charge in [0, 0.05) is 30.4 Å². The molecular formula is C24H24N4O2S. The fourth-order valence-electron chi connectivity index (χ4n) is 4.02. The number of amides is 1. The summed E-state index contributed by atoms with van der Waals surface area (Å²) < 4.78 is 7.33. The van der Waals surface area contributed by atoms with Gasteiger partial charge in [0.25, 0.3) is 5.91 Å². The van der Waals surface area contributed by atoms with E-state index < -0.39 is 0 Å². The van der Waals surface area contributed by atoms with Crippen molar-refractivity contribution in [3.8, 4) is 5.69 Å². The van der Waals surface area contributed by atoms with Gasteiger partial charge in [-0.25, -0.2) is 9.67 Å². The Hall–Kier alpha value is -3.03. The van der Waals surface area contributed by atoms with E-state index in [2.05, 4.69) is 52.7 Å². The van der Waals surface area contributed by atoms with Crippen LogP contribution in [0.3, 0.4) is 0 Å². The number of hydrogen-bond donors (Lipinski definition) is 1. The molecule has 4 heterocycles. The molecule has 6 nitrogen and oxygen atoms in total. The topological polar surface area (TPSA) is 69.0 Å². The van der Waals surface area contributed by atoms with E-state index in [1.165, 1.54) is 5.56 Å². The third-order valence-electron chi connectivity index (χ3n) is 5.81. The molecule has 2 unspecified atom stereocenters. The van der Waals surface area contributed by atoms with Crippen LogP contribution in [0.15, 0.2) is 60.2 Å². The predicted molar refractivity (Wildman–Crippen MR) is 122 cm³/mol. The van der Waals surface area contributed by atoms with Gasteiger partial charge in [-0.2, -0.15) is 5.10 Å². The summed E-state index contributed by atoms with van der Waals surface area (Å²) in [6, 6.07) is 14.4. The monoisotopic (exact) mass is 432 g/mol. The molecule has 1 N–H and O–H groups in total. The van der Waals surface area contributed by atoms with E-state index >= 15 is 0 Å². The summed E-state index contributed by atoms with van der Waals surface area (Å²) in [4.78, 5) is 18.5. The third-order valence-corrected chi connectivity index (χ3v) is 6.62. The van der Waals surface area contributed by atoms with Gasteiger partial charge in [-0.3, -0.25) is 4.79 Å². The SMILES string of the molecule is CC1COCCC1NC(=O)c1cc(Cc2ccc(-n3cccn3)cc2)c2ccsc2n1. The molecule has 1 aromatic carbocycles. The van der Waals surface area contributed by atoms with E-state index in [4.69, 9.17) is 4.74 Å². The normalized spacial score (nSPS) is 18.9. The molecule has 2 atom stereocenters. The molecule has 4 aromatic rings. The van der Waals surface area contributed by atoms with Crippen molar-refractivity contribution in [3.05, 3.63) is 77.1 Å². The van der Waals surface area contributed by atoms with Crippen LogP contribution in [0, 0.1) is 5.92 Å². The third kappa shape index (κ3) is 4.24. The standard InChI is InChI=1S/C24H24N4O2S/c1-16-15-30-11-7-21(16)26-23(29)22-14-18(20-8-12-31-24(20)27-22)13-17-3-5-19(6-4-17)28-10-2-9-25-28/h2-6,8-10,12,14,16,21H,7,11,13,15H2,1H3,(H,26,29). The number of pyridine rings is 1. The van der Waals surface area contributed by atoms with Gasteiger partial charge in [0.2, 0.25) is 0 Å². The van der Waals surface area contributed by atoms with E-state index in [-0.39, 0.29) is 11.9 Å². The molecule has 1 aliphatic rings. The van der Waals surface area contributed by atoms with Gasteiger partial charge >= 0.3 is 0 Å². The molecule has 0 saturated carbocycles. The first kappa shape index (κ1) is 19.9. The van der Waals surface area contributed by atoms with Gasteiger partial charge in [0.1, 0.15) is 10.5 Å². The van der Waals surface area contributed by atoms with Crippen molar-refractivity contribution in [2.24, 2.45) is 5.92 Å². The lowest BCUT2D eigenvalue weighted by Crippen LogP contribution is -2.44. The number of carbonyl (C=O) groups excluding carboxylic acids is 1. The predicted octanol–water partition coefficient (Wildman–Crippen LogP) is 4.23. The number of benzene rings is 1. The second-order valence-corrected chi connectivity index (χ2v) is 8.92. The zero-order valence-corrected chi connectivity index (χ0v) is 18.1. The number of rotatable bonds is 5. The maximum Gasteiger partial charge on any atom is 0.270 e. The smallest absolute Gasteiger partial charge is 0.270 e. The number of carbonyl (C=O) groups is 1. The molecular weight excluding hydrogens is 408 g/mol. The highest BCUT2D eigenvalue weighted by Gasteiger charge is 2.25. The van der Waals surface area contributed by atoms with Crippen molar-refractivity contribution in [1.29, 1.82) is 0 Å². The Morgan fingerprint density at radius 2 is 2.16 bits per heavy atom. The first-order valence-corrected chi connectivity index (χ1v) is 11.4. The van der Waals surface area contributed by atoms with Crippen LogP contribution >= 0.6 is 11.3 Å². The Balaban J connectivity index is 1.39. The van der Waals surface area contributed by atoms with Crippen LogP contribution in [-0.4, -0.2) is 39.9 Å². The first-order valence-electron chi connectivity index (χ1n) is 10.5. The summed E-state index contributed by atoms with van der Waals surface area (Å²) >= 11 is 1.57. The number of aromatic nitrogens is 3. The Bertz CT molecular complexity index is 1180. The number of fused-ring (bicyclic) bond motifs is 1. The fourth-order valence-corrected chi connectivity index (χ4v) is 4.83. The minimum atomic E-state index is -0.107. The van der Waals surface area contributed by atoms with Crippen molar-refractivity contribution in [1.82, 2.24) is 20.1 Å². The lowest BCUT2D eigenvalue weighted by atomic mass is 9.97. The Kier molecular flexibility index (Phi) is 5.53. The van der Waals surface area contributed by atoms with E-state index in [1.807, 2.05) is 28.4 Å². The fraction of sp³-hybridized carbons (Fsp3) is 0.292. The number of ether oxygens (including phenoxy) is 1. The molecule has 0 spiro atoms. The second kappa shape index (κ2) is 8.61. The Labute approximate surface area is 184 Å². The summed E-state index contributed by atoms with van der Waals surface area (Å²) in [6.45, 7) is 3.48. The van der Waals surface area contributed by atoms with Crippen LogP contribution in [0.4, 0.5) is 0 Å². The highest BCUT2D eigenvalue weighted by Crippen LogP contribution is 2.26. The molecule has 0 radical (unpaired) electrons. The Morgan fingerprint density at radius 3 is 2.94 bits per heavy atom. The highest BCUT2D eigenvalue weighted by atomic mass is 32.1. The van der Waals surface area contributed by atoms with Crippen molar-refractivity contribution < 1.29 is 9.53 Å². The van der Waals surface area contributed by atoms with Gasteiger partial charge in [0.15, 0.2) is 0 Å². The first-order chi connectivity index (χ1) is 15.2. The van der Waals surface area contributed by atoms with Crippen LogP contribution in [0.2, 0.25) is 0 Å². The van der Waals surface area contributed by atoms with E-state index in [1.54, 1.807) is 17.5 Å². The minimum Gasteiger partial charge on any atom is -0.381 e. The summed E-state index contributed by atoms with van der Waals surface area (Å²) in [6.07, 6.45) is 5.27. The number of hydrogen-bond acceptors (Lipinski definition) is 5. The molecule has 31 heavy (non-hydrogen) atoms. The van der Waals surface area contributed by atoms with Gasteiger partial charge in [-0.15, -0.1) is 11.3 Å². The summed E-state index contributed by atoms with van der Waals surface area (Å²) in [7, 11) is 0. The molecule has 158 valence electrons.